The second-order valence-electron chi connectivity index (χ2n) is 12.6. The van der Waals surface area contributed by atoms with Gasteiger partial charge >= 0.3 is 12.1 Å². The minimum atomic E-state index is -1.95. The highest BCUT2D eigenvalue weighted by atomic mass is 32.1. The van der Waals surface area contributed by atoms with Crippen LogP contribution in [0.15, 0.2) is 61.7 Å². The average molecular weight is 751 g/mol. The van der Waals surface area contributed by atoms with Gasteiger partial charge in [-0.3, -0.25) is 0 Å². The van der Waals surface area contributed by atoms with Crippen LogP contribution in [0.2, 0.25) is 18.1 Å². The van der Waals surface area contributed by atoms with Gasteiger partial charge in [0, 0.05) is 38.3 Å². The van der Waals surface area contributed by atoms with Gasteiger partial charge in [0.25, 0.3) is 0 Å². The van der Waals surface area contributed by atoms with Gasteiger partial charge in [-0.25, -0.2) is 27.2 Å². The molecule has 0 aliphatic rings. The SMILES string of the molecule is C=CC[C@@H](CO)N(C)C(=O)NCc1cccc(F)c1F.C=CC[C@@H](CO[Si](C)(C)C(C)(C)C)N(C)C(=O)NCc1cccc(F)c1F.S.S. The number of hydrogen-bond acceptors (Lipinski definition) is 4. The molecule has 0 heterocycles. The van der Waals surface area contributed by atoms with Crippen LogP contribution >= 0.6 is 27.0 Å². The Balaban J connectivity index is 0. The molecule has 2 aromatic rings. The van der Waals surface area contributed by atoms with Crippen molar-refractivity contribution < 1.29 is 36.7 Å². The van der Waals surface area contributed by atoms with E-state index in [1.807, 2.05) is 0 Å². The molecule has 0 saturated heterocycles. The number of urea groups is 2. The van der Waals surface area contributed by atoms with Crippen molar-refractivity contribution in [1.82, 2.24) is 20.4 Å². The predicted molar refractivity (Wildman–Crippen MR) is 201 cm³/mol. The molecule has 15 heteroatoms. The quantitative estimate of drug-likeness (QED) is 0.107. The van der Waals surface area contributed by atoms with Crippen molar-refractivity contribution in [2.45, 2.75) is 76.9 Å². The molecule has 3 N–H and O–H groups in total. The summed E-state index contributed by atoms with van der Waals surface area (Å²) >= 11 is 0. The first-order valence-corrected chi connectivity index (χ1v) is 18.2. The van der Waals surface area contributed by atoms with E-state index in [4.69, 9.17) is 9.53 Å². The molecule has 0 radical (unpaired) electrons. The number of likely N-dealkylation sites (N-methyl/N-ethyl adjacent to an activating group) is 2. The summed E-state index contributed by atoms with van der Waals surface area (Å²) in [5.74, 6) is -3.79. The number of carbonyl (C=O) groups excluding carboxylic acids is 2. The van der Waals surface area contributed by atoms with Crippen LogP contribution in [-0.4, -0.2) is 74.7 Å². The van der Waals surface area contributed by atoms with Crippen molar-refractivity contribution in [3.8, 4) is 0 Å². The largest absolute Gasteiger partial charge is 0.415 e. The van der Waals surface area contributed by atoms with Crippen molar-refractivity contribution in [2.24, 2.45) is 0 Å². The zero-order chi connectivity index (χ0) is 35.9. The molecule has 278 valence electrons. The first-order valence-electron chi connectivity index (χ1n) is 15.2. The Morgan fingerprint density at radius 1 is 0.837 bits per heavy atom. The molecule has 4 amide bonds. The zero-order valence-electron chi connectivity index (χ0n) is 29.5. The van der Waals surface area contributed by atoms with Crippen molar-refractivity contribution in [3.05, 3.63) is 96.1 Å². The van der Waals surface area contributed by atoms with Gasteiger partial charge in [-0.15, -0.1) is 13.2 Å². The highest BCUT2D eigenvalue weighted by Gasteiger charge is 2.38. The van der Waals surface area contributed by atoms with Crippen LogP contribution in [0.3, 0.4) is 0 Å². The van der Waals surface area contributed by atoms with E-state index in [0.29, 0.717) is 19.4 Å². The van der Waals surface area contributed by atoms with E-state index in [1.54, 1.807) is 19.2 Å². The van der Waals surface area contributed by atoms with Gasteiger partial charge in [0.1, 0.15) is 0 Å². The monoisotopic (exact) mass is 750 g/mol. The van der Waals surface area contributed by atoms with Crippen LogP contribution in [0.5, 0.6) is 0 Å². The van der Waals surface area contributed by atoms with Gasteiger partial charge in [0.2, 0.25) is 0 Å². The Labute approximate surface area is 304 Å². The third-order valence-electron chi connectivity index (χ3n) is 8.19. The number of carbonyl (C=O) groups is 2. The summed E-state index contributed by atoms with van der Waals surface area (Å²) in [4.78, 5) is 27.1. The van der Waals surface area contributed by atoms with Gasteiger partial charge in [0.15, 0.2) is 31.6 Å². The lowest BCUT2D eigenvalue weighted by Gasteiger charge is -2.38. The fourth-order valence-corrected chi connectivity index (χ4v) is 4.93. The number of halogens is 4. The molecule has 0 aliphatic carbocycles. The smallest absolute Gasteiger partial charge is 0.317 e. The van der Waals surface area contributed by atoms with Gasteiger partial charge in [0.05, 0.1) is 25.3 Å². The minimum Gasteiger partial charge on any atom is -0.415 e. The van der Waals surface area contributed by atoms with E-state index in [-0.39, 0.29) is 74.9 Å². The minimum absolute atomic E-state index is 0. The number of benzene rings is 2. The van der Waals surface area contributed by atoms with Crippen molar-refractivity contribution >= 4 is 47.4 Å². The third kappa shape index (κ3) is 15.2. The van der Waals surface area contributed by atoms with Gasteiger partial charge in [-0.1, -0.05) is 57.2 Å². The number of aliphatic hydroxyl groups is 1. The van der Waals surface area contributed by atoms with Crippen LogP contribution < -0.4 is 10.6 Å². The van der Waals surface area contributed by atoms with Gasteiger partial charge < -0.3 is 30.0 Å². The summed E-state index contributed by atoms with van der Waals surface area (Å²) in [6, 6.07) is 6.25. The number of aliphatic hydroxyl groups excluding tert-OH is 1. The number of nitrogens with zero attached hydrogens (tertiary/aromatic N) is 2. The normalized spacial score (nSPS) is 12.1. The lowest BCUT2D eigenvalue weighted by Crippen LogP contribution is -2.49. The lowest BCUT2D eigenvalue weighted by molar-refractivity contribution is 0.150. The maximum Gasteiger partial charge on any atom is 0.317 e. The number of rotatable bonds is 14. The van der Waals surface area contributed by atoms with Crippen LogP contribution in [-0.2, 0) is 17.5 Å². The molecular weight excluding hydrogens is 697 g/mol. The fourth-order valence-electron chi connectivity index (χ4n) is 3.89. The van der Waals surface area contributed by atoms with Crippen molar-refractivity contribution in [2.75, 3.05) is 27.3 Å². The highest BCUT2D eigenvalue weighted by Crippen LogP contribution is 2.36. The van der Waals surface area contributed by atoms with E-state index >= 15 is 0 Å². The van der Waals surface area contributed by atoms with E-state index < -0.39 is 43.7 Å². The van der Waals surface area contributed by atoms with E-state index in [0.717, 1.165) is 12.1 Å². The van der Waals surface area contributed by atoms with E-state index in [1.165, 1.54) is 41.1 Å². The Hall–Kier alpha value is -2.98. The molecule has 0 spiro atoms. The maximum absolute atomic E-state index is 13.7. The van der Waals surface area contributed by atoms with E-state index in [9.17, 15) is 27.2 Å². The number of hydrogen-bond donors (Lipinski definition) is 3. The van der Waals surface area contributed by atoms with Crippen LogP contribution in [0, 0.1) is 23.3 Å². The summed E-state index contributed by atoms with van der Waals surface area (Å²) in [5, 5.41) is 14.3. The molecule has 0 aromatic heterocycles. The van der Waals surface area contributed by atoms with Crippen molar-refractivity contribution in [1.29, 1.82) is 0 Å². The first-order chi connectivity index (χ1) is 21.9. The van der Waals surface area contributed by atoms with Crippen LogP contribution in [0.1, 0.15) is 44.7 Å². The van der Waals surface area contributed by atoms with E-state index in [2.05, 4.69) is 57.7 Å². The van der Waals surface area contributed by atoms with Crippen LogP contribution in [0.4, 0.5) is 27.2 Å². The molecule has 0 unspecified atom stereocenters. The second-order valence-corrected chi connectivity index (χ2v) is 17.4. The molecular formula is C34H54F4N4O4S2Si. The summed E-state index contributed by atoms with van der Waals surface area (Å²) < 4.78 is 59.7. The second kappa shape index (κ2) is 22.7. The molecule has 0 saturated carbocycles. The Morgan fingerprint density at radius 3 is 1.59 bits per heavy atom. The highest BCUT2D eigenvalue weighted by molar-refractivity contribution is 7.59. The molecule has 2 aromatic carbocycles. The predicted octanol–water partition coefficient (Wildman–Crippen LogP) is 7.34. The summed E-state index contributed by atoms with van der Waals surface area (Å²) in [5.41, 5.74) is 0.172. The van der Waals surface area contributed by atoms with Gasteiger partial charge in [-0.2, -0.15) is 27.0 Å². The average Bonchev–Trinajstić information content (AvgIpc) is 3.02. The third-order valence-corrected chi connectivity index (χ3v) is 12.7. The summed E-state index contributed by atoms with van der Waals surface area (Å²) in [6.07, 6.45) is 4.36. The summed E-state index contributed by atoms with van der Waals surface area (Å²) in [6.45, 7) is 18.1. The molecule has 2 atom stereocenters. The first kappa shape index (κ1) is 48.1. The maximum atomic E-state index is 13.7. The fraction of sp³-hybridized carbons (Fsp3) is 0.471. The number of amides is 4. The standard InChI is InChI=1S/C20H32F2N2O2Si.C14H18F2N2O2.2H2S/c1-8-10-16(14-26-27(6,7)20(2,3)4)24(5)19(25)23-13-15-11-9-12-17(21)18(15)22;1-3-5-11(9-19)18(2)14(20)17-8-10-6-4-7-12(15)13(10)16;;/h8-9,11-12,16H,1,10,13-14H2,2-7H3,(H,23,25);3-4,6-7,11,19H,1,5,8-9H2,2H3,(H,17,20);2*1H2/t16-;11-;;/m00../s1. The molecule has 2 rings (SSSR count). The molecule has 0 aliphatic heterocycles. The zero-order valence-corrected chi connectivity index (χ0v) is 32.5. The number of nitrogens with one attached hydrogen (secondary N) is 2. The Morgan fingerprint density at radius 2 is 1.22 bits per heavy atom. The Kier molecular flexibility index (Phi) is 22.3. The topological polar surface area (TPSA) is 94.1 Å². The van der Waals surface area contributed by atoms with Crippen molar-refractivity contribution in [3.63, 3.8) is 0 Å². The molecule has 8 nitrogen and oxygen atoms in total. The Bertz CT molecular complexity index is 1350. The van der Waals surface area contributed by atoms with Gasteiger partial charge in [-0.05, 0) is 43.1 Å². The molecule has 0 bridgehead atoms. The van der Waals surface area contributed by atoms with Crippen LogP contribution in [0.25, 0.3) is 0 Å². The lowest BCUT2D eigenvalue weighted by atomic mass is 10.2. The molecule has 0 fully saturated rings. The summed E-state index contributed by atoms with van der Waals surface area (Å²) in [7, 11) is 1.24. The molecule has 49 heavy (non-hydrogen) atoms.